The second-order valence-electron chi connectivity index (χ2n) is 4.81. The van der Waals surface area contributed by atoms with Gasteiger partial charge in [0.15, 0.2) is 0 Å². The number of hydrogen-bond donors (Lipinski definition) is 1. The Balaban J connectivity index is 2.23. The Kier molecular flexibility index (Phi) is 3.57. The minimum atomic E-state index is 0.681. The van der Waals surface area contributed by atoms with Crippen molar-refractivity contribution in [2.45, 2.75) is 59.0 Å². The van der Waals surface area contributed by atoms with Gasteiger partial charge < -0.3 is 5.32 Å². The molecule has 3 atom stereocenters. The largest absolute Gasteiger partial charge is 0.311 e. The maximum Gasteiger partial charge on any atom is 0.00722 e. The van der Waals surface area contributed by atoms with E-state index in [1.165, 1.54) is 19.3 Å². The van der Waals surface area contributed by atoms with Gasteiger partial charge in [-0.1, -0.05) is 20.8 Å². The van der Waals surface area contributed by atoms with Crippen molar-refractivity contribution in [3.8, 4) is 0 Å². The molecule has 1 saturated carbocycles. The SMILES string of the molecule is CC(C)[C@H](C)N[C@@H]1CC[C@H](C)C1. The summed E-state index contributed by atoms with van der Waals surface area (Å²) < 4.78 is 0. The summed E-state index contributed by atoms with van der Waals surface area (Å²) in [5.41, 5.74) is 0. The molecule has 0 aromatic carbocycles. The molecule has 0 amide bonds. The molecule has 0 saturated heterocycles. The minimum absolute atomic E-state index is 0.681. The third-order valence-electron chi connectivity index (χ3n) is 3.19. The summed E-state index contributed by atoms with van der Waals surface area (Å²) in [6.07, 6.45) is 4.19. The molecule has 1 aliphatic rings. The fraction of sp³-hybridized carbons (Fsp3) is 1.00. The average molecular weight is 169 g/mol. The molecule has 1 N–H and O–H groups in total. The van der Waals surface area contributed by atoms with Crippen LogP contribution in [0.3, 0.4) is 0 Å². The van der Waals surface area contributed by atoms with Crippen LogP contribution in [0, 0.1) is 11.8 Å². The third-order valence-corrected chi connectivity index (χ3v) is 3.19. The van der Waals surface area contributed by atoms with Gasteiger partial charge in [0.2, 0.25) is 0 Å². The lowest BCUT2D eigenvalue weighted by molar-refractivity contribution is 0.369. The van der Waals surface area contributed by atoms with Gasteiger partial charge in [0.05, 0.1) is 0 Å². The molecular weight excluding hydrogens is 146 g/mol. The molecule has 1 rings (SSSR count). The third kappa shape index (κ3) is 2.78. The average Bonchev–Trinajstić information content (AvgIpc) is 2.35. The van der Waals surface area contributed by atoms with Crippen LogP contribution in [0.25, 0.3) is 0 Å². The van der Waals surface area contributed by atoms with E-state index in [1.54, 1.807) is 0 Å². The van der Waals surface area contributed by atoms with Crippen LogP contribution in [0.2, 0.25) is 0 Å². The Hall–Kier alpha value is -0.0400. The quantitative estimate of drug-likeness (QED) is 0.685. The number of rotatable bonds is 3. The molecule has 0 heterocycles. The second-order valence-corrected chi connectivity index (χ2v) is 4.81. The molecule has 1 heteroatoms. The van der Waals surface area contributed by atoms with Crippen LogP contribution >= 0.6 is 0 Å². The van der Waals surface area contributed by atoms with Crippen LogP contribution in [0.4, 0.5) is 0 Å². The normalized spacial score (nSPS) is 32.8. The van der Waals surface area contributed by atoms with Crippen LogP contribution in [-0.2, 0) is 0 Å². The first kappa shape index (κ1) is 10.0. The van der Waals surface area contributed by atoms with E-state index < -0.39 is 0 Å². The second kappa shape index (κ2) is 4.27. The molecule has 1 aliphatic carbocycles. The summed E-state index contributed by atoms with van der Waals surface area (Å²) in [6, 6.07) is 1.48. The molecule has 0 bridgehead atoms. The van der Waals surface area contributed by atoms with Gasteiger partial charge in [-0.25, -0.2) is 0 Å². The summed E-state index contributed by atoms with van der Waals surface area (Å²) in [5, 5.41) is 3.71. The summed E-state index contributed by atoms with van der Waals surface area (Å²) >= 11 is 0. The van der Waals surface area contributed by atoms with E-state index in [4.69, 9.17) is 0 Å². The van der Waals surface area contributed by atoms with Crippen LogP contribution in [0.15, 0.2) is 0 Å². The van der Waals surface area contributed by atoms with Gasteiger partial charge in [-0.3, -0.25) is 0 Å². The maximum absolute atomic E-state index is 3.71. The zero-order valence-corrected chi connectivity index (χ0v) is 8.93. The molecule has 0 spiro atoms. The summed E-state index contributed by atoms with van der Waals surface area (Å²) in [7, 11) is 0. The maximum atomic E-state index is 3.71. The van der Waals surface area contributed by atoms with Crippen molar-refractivity contribution in [3.63, 3.8) is 0 Å². The first-order chi connectivity index (χ1) is 5.59. The van der Waals surface area contributed by atoms with E-state index in [9.17, 15) is 0 Å². The number of nitrogens with one attached hydrogen (secondary N) is 1. The van der Waals surface area contributed by atoms with Crippen molar-refractivity contribution in [2.75, 3.05) is 0 Å². The van der Waals surface area contributed by atoms with Crippen molar-refractivity contribution < 1.29 is 0 Å². The summed E-state index contributed by atoms with van der Waals surface area (Å²) in [5.74, 6) is 1.71. The van der Waals surface area contributed by atoms with E-state index in [1.807, 2.05) is 0 Å². The van der Waals surface area contributed by atoms with Gasteiger partial charge in [0.25, 0.3) is 0 Å². The molecule has 0 aliphatic heterocycles. The predicted octanol–water partition coefficient (Wildman–Crippen LogP) is 2.81. The first-order valence-corrected chi connectivity index (χ1v) is 5.35. The predicted molar refractivity (Wildman–Crippen MR) is 54.2 cm³/mol. The fourth-order valence-corrected chi connectivity index (χ4v) is 1.92. The van der Waals surface area contributed by atoms with Gasteiger partial charge >= 0.3 is 0 Å². The molecular formula is C11H23N. The lowest BCUT2D eigenvalue weighted by Gasteiger charge is -2.22. The smallest absolute Gasteiger partial charge is 0.00722 e. The van der Waals surface area contributed by atoms with Crippen molar-refractivity contribution >= 4 is 0 Å². The lowest BCUT2D eigenvalue weighted by Crippen LogP contribution is -2.38. The summed E-state index contributed by atoms with van der Waals surface area (Å²) in [6.45, 7) is 9.24. The highest BCUT2D eigenvalue weighted by atomic mass is 15.0. The number of hydrogen-bond acceptors (Lipinski definition) is 1. The monoisotopic (exact) mass is 169 g/mol. The molecule has 12 heavy (non-hydrogen) atoms. The van der Waals surface area contributed by atoms with Crippen molar-refractivity contribution in [1.29, 1.82) is 0 Å². The van der Waals surface area contributed by atoms with Gasteiger partial charge in [-0.05, 0) is 38.0 Å². The van der Waals surface area contributed by atoms with Gasteiger partial charge in [0.1, 0.15) is 0 Å². The minimum Gasteiger partial charge on any atom is -0.311 e. The molecule has 72 valence electrons. The Morgan fingerprint density at radius 2 is 1.83 bits per heavy atom. The molecule has 0 aromatic rings. The molecule has 1 fully saturated rings. The Morgan fingerprint density at radius 3 is 2.25 bits per heavy atom. The zero-order chi connectivity index (χ0) is 9.14. The standard InChI is InChI=1S/C11H23N/c1-8(2)10(4)12-11-6-5-9(3)7-11/h8-12H,5-7H2,1-4H3/t9-,10-,11+/m0/s1. The van der Waals surface area contributed by atoms with Gasteiger partial charge in [0, 0.05) is 12.1 Å². The zero-order valence-electron chi connectivity index (χ0n) is 8.93. The Labute approximate surface area is 76.9 Å². The van der Waals surface area contributed by atoms with E-state index in [2.05, 4.69) is 33.0 Å². The molecule has 0 aromatic heterocycles. The first-order valence-electron chi connectivity index (χ1n) is 5.35. The van der Waals surface area contributed by atoms with E-state index in [-0.39, 0.29) is 0 Å². The highest BCUT2D eigenvalue weighted by molar-refractivity contribution is 4.81. The fourth-order valence-electron chi connectivity index (χ4n) is 1.92. The van der Waals surface area contributed by atoms with E-state index in [0.29, 0.717) is 6.04 Å². The van der Waals surface area contributed by atoms with Crippen molar-refractivity contribution in [1.82, 2.24) is 5.32 Å². The Bertz CT molecular complexity index is 131. The van der Waals surface area contributed by atoms with Crippen molar-refractivity contribution in [3.05, 3.63) is 0 Å². The highest BCUT2D eigenvalue weighted by Crippen LogP contribution is 2.25. The van der Waals surface area contributed by atoms with Crippen LogP contribution < -0.4 is 5.32 Å². The summed E-state index contributed by atoms with van der Waals surface area (Å²) in [4.78, 5) is 0. The van der Waals surface area contributed by atoms with Crippen LogP contribution in [0.1, 0.15) is 47.0 Å². The van der Waals surface area contributed by atoms with E-state index in [0.717, 1.165) is 17.9 Å². The van der Waals surface area contributed by atoms with Crippen LogP contribution in [0.5, 0.6) is 0 Å². The molecule has 0 radical (unpaired) electrons. The Morgan fingerprint density at radius 1 is 1.17 bits per heavy atom. The van der Waals surface area contributed by atoms with Gasteiger partial charge in [-0.15, -0.1) is 0 Å². The topological polar surface area (TPSA) is 12.0 Å². The van der Waals surface area contributed by atoms with Crippen LogP contribution in [-0.4, -0.2) is 12.1 Å². The van der Waals surface area contributed by atoms with E-state index >= 15 is 0 Å². The van der Waals surface area contributed by atoms with Crippen molar-refractivity contribution in [2.24, 2.45) is 11.8 Å². The molecule has 0 unspecified atom stereocenters. The molecule has 1 nitrogen and oxygen atoms in total. The lowest BCUT2D eigenvalue weighted by atomic mass is 10.0. The van der Waals surface area contributed by atoms with Gasteiger partial charge in [-0.2, -0.15) is 0 Å². The highest BCUT2D eigenvalue weighted by Gasteiger charge is 2.22.